The number of hydrogen-bond acceptors (Lipinski definition) is 5. The van der Waals surface area contributed by atoms with Crippen molar-refractivity contribution in [2.75, 3.05) is 11.9 Å². The second kappa shape index (κ2) is 7.95. The maximum atomic E-state index is 12.3. The Morgan fingerprint density at radius 2 is 1.96 bits per heavy atom. The van der Waals surface area contributed by atoms with Crippen LogP contribution in [0.1, 0.15) is 22.8 Å². The van der Waals surface area contributed by atoms with Gasteiger partial charge in [-0.25, -0.2) is 9.78 Å². The summed E-state index contributed by atoms with van der Waals surface area (Å²) >= 11 is 17.0. The molecule has 0 spiro atoms. The Kier molecular flexibility index (Phi) is 5.79. The molecular weight excluding hydrogens is 427 g/mol. The predicted octanol–water partition coefficient (Wildman–Crippen LogP) is 4.21. The van der Waals surface area contributed by atoms with Crippen LogP contribution in [0.2, 0.25) is 0 Å². The predicted molar refractivity (Wildman–Crippen MR) is 108 cm³/mol. The van der Waals surface area contributed by atoms with E-state index in [2.05, 4.69) is 15.4 Å². The molecule has 0 aliphatic carbocycles. The van der Waals surface area contributed by atoms with E-state index in [1.807, 2.05) is 31.2 Å². The highest BCUT2D eigenvalue weighted by molar-refractivity contribution is 6.76. The van der Waals surface area contributed by atoms with Gasteiger partial charge < -0.3 is 10.1 Å². The van der Waals surface area contributed by atoms with Gasteiger partial charge in [-0.05, 0) is 31.5 Å². The van der Waals surface area contributed by atoms with Crippen molar-refractivity contribution in [2.45, 2.75) is 17.6 Å². The number of alkyl halides is 3. The van der Waals surface area contributed by atoms with E-state index >= 15 is 0 Å². The Balaban J connectivity index is 2.15. The molecule has 0 saturated carbocycles. The molecule has 0 aliphatic heterocycles. The number of fused-ring (bicyclic) bond motifs is 1. The van der Waals surface area contributed by atoms with Crippen LogP contribution in [0.5, 0.6) is 0 Å². The fourth-order valence-corrected chi connectivity index (χ4v) is 2.76. The molecule has 7 nitrogen and oxygen atoms in total. The second-order valence-corrected chi connectivity index (χ2v) is 8.09. The minimum atomic E-state index is -2.23. The molecule has 2 aromatic heterocycles. The van der Waals surface area contributed by atoms with Gasteiger partial charge in [0.1, 0.15) is 5.56 Å². The quantitative estimate of drug-likeness (QED) is 0.484. The lowest BCUT2D eigenvalue weighted by Crippen LogP contribution is -2.29. The maximum absolute atomic E-state index is 12.3. The van der Waals surface area contributed by atoms with Crippen molar-refractivity contribution in [3.05, 3.63) is 47.7 Å². The fourth-order valence-electron chi connectivity index (χ4n) is 2.62. The van der Waals surface area contributed by atoms with Crippen molar-refractivity contribution in [1.82, 2.24) is 14.8 Å². The van der Waals surface area contributed by atoms with Crippen molar-refractivity contribution in [1.29, 1.82) is 0 Å². The van der Waals surface area contributed by atoms with Gasteiger partial charge in [0.05, 0.1) is 18.3 Å². The number of hydrogen-bond donors (Lipinski definition) is 1. The number of rotatable bonds is 4. The van der Waals surface area contributed by atoms with E-state index in [4.69, 9.17) is 39.5 Å². The molecule has 1 N–H and O–H groups in total. The molecule has 0 unspecified atom stereocenters. The smallest absolute Gasteiger partial charge is 0.343 e. The summed E-state index contributed by atoms with van der Waals surface area (Å²) in [5.74, 6) is -1.24. The van der Waals surface area contributed by atoms with Crippen molar-refractivity contribution >= 4 is 63.4 Å². The molecule has 0 saturated heterocycles. The second-order valence-electron chi connectivity index (χ2n) is 5.81. The summed E-state index contributed by atoms with van der Waals surface area (Å²) in [5.41, 5.74) is 1.67. The minimum Gasteiger partial charge on any atom is -0.462 e. The third kappa shape index (κ3) is 4.06. The highest BCUT2D eigenvalue weighted by Crippen LogP contribution is 2.30. The minimum absolute atomic E-state index is 0.00282. The molecule has 0 fully saturated rings. The van der Waals surface area contributed by atoms with Crippen LogP contribution in [0.25, 0.3) is 16.7 Å². The molecule has 3 rings (SSSR count). The van der Waals surface area contributed by atoms with Gasteiger partial charge >= 0.3 is 5.97 Å². The largest absolute Gasteiger partial charge is 0.462 e. The van der Waals surface area contributed by atoms with Crippen LogP contribution in [0, 0.1) is 6.92 Å². The molecule has 3 aromatic rings. The van der Waals surface area contributed by atoms with Crippen molar-refractivity contribution < 1.29 is 14.3 Å². The number of aromatic nitrogens is 3. The first-order valence-corrected chi connectivity index (χ1v) is 9.35. The lowest BCUT2D eigenvalue weighted by Gasteiger charge is -2.15. The van der Waals surface area contributed by atoms with E-state index in [0.717, 1.165) is 16.5 Å². The van der Waals surface area contributed by atoms with E-state index in [-0.39, 0.29) is 18.0 Å². The topological polar surface area (TPSA) is 86.1 Å². The molecular formula is C18H15Cl3N4O3. The van der Waals surface area contributed by atoms with Crippen LogP contribution >= 0.6 is 34.8 Å². The molecule has 146 valence electrons. The molecule has 2 heterocycles. The number of aryl methyl sites for hydroxylation is 1. The number of ether oxygens (including phenoxy) is 1. The molecule has 0 atom stereocenters. The third-order valence-electron chi connectivity index (χ3n) is 3.88. The molecule has 10 heteroatoms. The van der Waals surface area contributed by atoms with Crippen molar-refractivity contribution in [2.24, 2.45) is 0 Å². The number of amides is 1. The number of halogens is 3. The van der Waals surface area contributed by atoms with Crippen LogP contribution in [0.3, 0.4) is 0 Å². The molecule has 0 aliphatic rings. The summed E-state index contributed by atoms with van der Waals surface area (Å²) in [5, 5.41) is 7.58. The van der Waals surface area contributed by atoms with Crippen molar-refractivity contribution in [3.8, 4) is 5.82 Å². The van der Waals surface area contributed by atoms with Gasteiger partial charge in [0, 0.05) is 5.39 Å². The van der Waals surface area contributed by atoms with Crippen molar-refractivity contribution in [3.63, 3.8) is 0 Å². The van der Waals surface area contributed by atoms with E-state index in [0.29, 0.717) is 5.82 Å². The first kappa shape index (κ1) is 20.4. The SMILES string of the molecule is CCOC(=O)c1cnn(-c2cc(C)c3ccccc3n2)c1NC(=O)C(Cl)(Cl)Cl. The fraction of sp³-hybridized carbons (Fsp3) is 0.222. The summed E-state index contributed by atoms with van der Waals surface area (Å²) in [4.78, 5) is 29.0. The standard InChI is InChI=1S/C18H15Cl3N4O3/c1-3-28-16(26)12-9-22-25(15(12)24-17(27)18(19,20)21)14-8-10(2)11-6-4-5-7-13(11)23-14/h4-9H,3H2,1-2H3,(H,24,27). The van der Waals surface area contributed by atoms with Crippen LogP contribution < -0.4 is 5.32 Å². The summed E-state index contributed by atoms with van der Waals surface area (Å²) in [6.45, 7) is 3.73. The van der Waals surface area contributed by atoms with Crippen LogP contribution in [-0.2, 0) is 9.53 Å². The number of nitrogens with one attached hydrogen (secondary N) is 1. The van der Waals surface area contributed by atoms with E-state index in [9.17, 15) is 9.59 Å². The lowest BCUT2D eigenvalue weighted by molar-refractivity contribution is -0.115. The van der Waals surface area contributed by atoms with E-state index < -0.39 is 15.7 Å². The third-order valence-corrected chi connectivity index (χ3v) is 4.40. The Hall–Kier alpha value is -2.35. The average Bonchev–Trinajstić information content (AvgIpc) is 3.05. The zero-order valence-corrected chi connectivity index (χ0v) is 17.1. The van der Waals surface area contributed by atoms with Gasteiger partial charge in [-0.1, -0.05) is 53.0 Å². The zero-order chi connectivity index (χ0) is 20.5. The van der Waals surface area contributed by atoms with Gasteiger partial charge in [0.2, 0.25) is 0 Å². The van der Waals surface area contributed by atoms with Gasteiger partial charge in [-0.15, -0.1) is 0 Å². The number of esters is 1. The Morgan fingerprint density at radius 1 is 1.25 bits per heavy atom. The van der Waals surface area contributed by atoms with Gasteiger partial charge in [-0.3, -0.25) is 4.79 Å². The highest BCUT2D eigenvalue weighted by Gasteiger charge is 2.33. The van der Waals surface area contributed by atoms with E-state index in [1.54, 1.807) is 13.0 Å². The van der Waals surface area contributed by atoms with E-state index in [1.165, 1.54) is 10.9 Å². The van der Waals surface area contributed by atoms with Gasteiger partial charge in [0.25, 0.3) is 9.70 Å². The number of carbonyl (C=O) groups excluding carboxylic acids is 2. The highest BCUT2D eigenvalue weighted by atomic mass is 35.6. The van der Waals surface area contributed by atoms with Gasteiger partial charge in [-0.2, -0.15) is 9.78 Å². The van der Waals surface area contributed by atoms with Crippen LogP contribution in [-0.4, -0.2) is 37.0 Å². The molecule has 0 bridgehead atoms. The van der Waals surface area contributed by atoms with Crippen LogP contribution in [0.4, 0.5) is 5.82 Å². The summed E-state index contributed by atoms with van der Waals surface area (Å²) < 4.78 is 4.08. The van der Waals surface area contributed by atoms with Crippen LogP contribution in [0.15, 0.2) is 36.5 Å². The molecule has 1 aromatic carbocycles. The number of benzene rings is 1. The average molecular weight is 442 g/mol. The maximum Gasteiger partial charge on any atom is 0.343 e. The Bertz CT molecular complexity index is 1060. The number of anilines is 1. The Morgan fingerprint density at radius 3 is 2.64 bits per heavy atom. The monoisotopic (exact) mass is 440 g/mol. The molecule has 28 heavy (non-hydrogen) atoms. The summed E-state index contributed by atoms with van der Waals surface area (Å²) in [6.07, 6.45) is 1.26. The summed E-state index contributed by atoms with van der Waals surface area (Å²) in [6, 6.07) is 9.34. The zero-order valence-electron chi connectivity index (χ0n) is 14.9. The molecule has 0 radical (unpaired) electrons. The first-order valence-electron chi connectivity index (χ1n) is 8.22. The molecule has 1 amide bonds. The normalized spacial score (nSPS) is 11.5. The first-order chi connectivity index (χ1) is 13.2. The van der Waals surface area contributed by atoms with Gasteiger partial charge in [0.15, 0.2) is 11.6 Å². The number of pyridine rings is 1. The summed E-state index contributed by atoms with van der Waals surface area (Å²) in [7, 11) is 0. The Labute approximate surface area is 175 Å². The lowest BCUT2D eigenvalue weighted by atomic mass is 10.1. The number of nitrogens with zero attached hydrogens (tertiary/aromatic N) is 3. The number of para-hydroxylation sites is 1. The number of carbonyl (C=O) groups is 2.